The summed E-state index contributed by atoms with van der Waals surface area (Å²) < 4.78 is 5.15. The molecule has 0 atom stereocenters. The Balaban J connectivity index is 1.61. The molecule has 0 amide bonds. The van der Waals surface area contributed by atoms with Crippen LogP contribution >= 0.6 is 11.6 Å². The number of nitrogens with one attached hydrogen (secondary N) is 1. The van der Waals surface area contributed by atoms with Crippen molar-refractivity contribution in [1.29, 1.82) is 0 Å². The van der Waals surface area contributed by atoms with Gasteiger partial charge in [0.2, 0.25) is 0 Å². The maximum absolute atomic E-state index is 6.12. The van der Waals surface area contributed by atoms with E-state index in [4.69, 9.17) is 16.3 Å². The second-order valence-corrected chi connectivity index (χ2v) is 6.72. The monoisotopic (exact) mass is 393 g/mol. The lowest BCUT2D eigenvalue weighted by Crippen LogP contribution is -2.21. The Kier molecular flexibility index (Phi) is 6.93. The van der Waals surface area contributed by atoms with Gasteiger partial charge in [0.25, 0.3) is 0 Å². The molecule has 0 saturated heterocycles. The lowest BCUT2D eigenvalue weighted by Gasteiger charge is -2.23. The largest absolute Gasteiger partial charge is 0.495 e. The van der Waals surface area contributed by atoms with Gasteiger partial charge >= 0.3 is 0 Å². The molecular weight excluding hydrogens is 370 g/mol. The van der Waals surface area contributed by atoms with E-state index < -0.39 is 0 Å². The van der Waals surface area contributed by atoms with Crippen LogP contribution in [0, 0.1) is 0 Å². The number of hydrogen-bond donors (Lipinski definition) is 1. The molecule has 0 heterocycles. The molecule has 0 aliphatic rings. The lowest BCUT2D eigenvalue weighted by atomic mass is 10.1. The molecule has 0 unspecified atom stereocenters. The van der Waals surface area contributed by atoms with E-state index in [1.807, 2.05) is 12.1 Å². The number of hydrogen-bond acceptors (Lipinski definition) is 4. The standard InChI is InChI=1S/C23H24ClN3O/c1-3-27(17-19-7-5-4-6-8-19)21-12-9-18(10-13-21)16-25-26-20-11-14-23(28-2)22(24)15-20/h4-16,26H,3,17H2,1-2H3/b25-16+. The highest BCUT2D eigenvalue weighted by Gasteiger charge is 2.05. The molecule has 1 N–H and O–H groups in total. The molecule has 0 spiro atoms. The average Bonchev–Trinajstić information content (AvgIpc) is 2.73. The van der Waals surface area contributed by atoms with Gasteiger partial charge in [-0.15, -0.1) is 0 Å². The van der Waals surface area contributed by atoms with E-state index in [2.05, 4.69) is 70.9 Å². The van der Waals surface area contributed by atoms with Crippen molar-refractivity contribution < 1.29 is 4.74 Å². The average molecular weight is 394 g/mol. The number of ether oxygens (including phenoxy) is 1. The summed E-state index contributed by atoms with van der Waals surface area (Å²) in [4.78, 5) is 2.34. The molecule has 144 valence electrons. The molecule has 28 heavy (non-hydrogen) atoms. The zero-order valence-corrected chi connectivity index (χ0v) is 16.9. The Morgan fingerprint density at radius 3 is 2.43 bits per heavy atom. The fourth-order valence-corrected chi connectivity index (χ4v) is 3.14. The third-order valence-electron chi connectivity index (χ3n) is 4.42. The summed E-state index contributed by atoms with van der Waals surface area (Å²) in [5, 5.41) is 4.83. The second-order valence-electron chi connectivity index (χ2n) is 6.31. The van der Waals surface area contributed by atoms with Crippen molar-refractivity contribution in [3.05, 3.63) is 88.9 Å². The topological polar surface area (TPSA) is 36.9 Å². The van der Waals surface area contributed by atoms with Crippen LogP contribution in [0.4, 0.5) is 11.4 Å². The van der Waals surface area contributed by atoms with Gasteiger partial charge in [-0.25, -0.2) is 0 Å². The summed E-state index contributed by atoms with van der Waals surface area (Å²) >= 11 is 6.12. The summed E-state index contributed by atoms with van der Waals surface area (Å²) in [6.45, 7) is 4.01. The predicted molar refractivity (Wildman–Crippen MR) is 119 cm³/mol. The Bertz CT molecular complexity index is 911. The van der Waals surface area contributed by atoms with E-state index in [-0.39, 0.29) is 0 Å². The molecule has 5 heteroatoms. The number of rotatable bonds is 8. The maximum Gasteiger partial charge on any atom is 0.137 e. The molecule has 0 bridgehead atoms. The zero-order valence-electron chi connectivity index (χ0n) is 16.1. The van der Waals surface area contributed by atoms with Crippen molar-refractivity contribution in [3.63, 3.8) is 0 Å². The molecule has 0 aliphatic heterocycles. The van der Waals surface area contributed by atoms with Crippen molar-refractivity contribution in [2.75, 3.05) is 24.0 Å². The molecule has 4 nitrogen and oxygen atoms in total. The normalized spacial score (nSPS) is 10.8. The third kappa shape index (κ3) is 5.27. The smallest absolute Gasteiger partial charge is 0.137 e. The first-order valence-corrected chi connectivity index (χ1v) is 9.59. The van der Waals surface area contributed by atoms with E-state index in [1.54, 1.807) is 25.5 Å². The van der Waals surface area contributed by atoms with Gasteiger partial charge in [0.1, 0.15) is 5.75 Å². The molecule has 3 aromatic carbocycles. The van der Waals surface area contributed by atoms with Crippen LogP contribution < -0.4 is 15.1 Å². The van der Waals surface area contributed by atoms with Gasteiger partial charge in [0.15, 0.2) is 0 Å². The van der Waals surface area contributed by atoms with Crippen LogP contribution in [0.25, 0.3) is 0 Å². The minimum Gasteiger partial charge on any atom is -0.495 e. The van der Waals surface area contributed by atoms with Crippen LogP contribution in [-0.2, 0) is 6.54 Å². The maximum atomic E-state index is 6.12. The second kappa shape index (κ2) is 9.81. The Morgan fingerprint density at radius 1 is 1.04 bits per heavy atom. The minimum absolute atomic E-state index is 0.546. The summed E-state index contributed by atoms with van der Waals surface area (Å²) in [5.74, 6) is 0.641. The molecular formula is C23H24ClN3O. The number of benzene rings is 3. The van der Waals surface area contributed by atoms with Gasteiger partial charge in [-0.3, -0.25) is 5.43 Å². The highest BCUT2D eigenvalue weighted by atomic mass is 35.5. The molecule has 0 aromatic heterocycles. The van der Waals surface area contributed by atoms with E-state index in [0.717, 1.165) is 24.3 Å². The number of methoxy groups -OCH3 is 1. The highest BCUT2D eigenvalue weighted by molar-refractivity contribution is 6.32. The quantitative estimate of drug-likeness (QED) is 0.387. The van der Waals surface area contributed by atoms with Gasteiger partial charge in [-0.1, -0.05) is 54.1 Å². The Labute approximate surface area is 171 Å². The van der Waals surface area contributed by atoms with E-state index in [1.165, 1.54) is 11.3 Å². The van der Waals surface area contributed by atoms with Crippen LogP contribution in [0.2, 0.25) is 5.02 Å². The van der Waals surface area contributed by atoms with Gasteiger partial charge in [0, 0.05) is 18.8 Å². The summed E-state index contributed by atoms with van der Waals surface area (Å²) in [7, 11) is 1.59. The van der Waals surface area contributed by atoms with Crippen molar-refractivity contribution in [2.24, 2.45) is 5.10 Å². The van der Waals surface area contributed by atoms with Crippen LogP contribution in [0.5, 0.6) is 5.75 Å². The first-order valence-electron chi connectivity index (χ1n) is 9.21. The molecule has 0 radical (unpaired) electrons. The molecule has 0 aliphatic carbocycles. The highest BCUT2D eigenvalue weighted by Crippen LogP contribution is 2.27. The van der Waals surface area contributed by atoms with Crippen molar-refractivity contribution in [1.82, 2.24) is 0 Å². The first-order chi connectivity index (χ1) is 13.7. The van der Waals surface area contributed by atoms with E-state index in [0.29, 0.717) is 10.8 Å². The Morgan fingerprint density at radius 2 is 1.79 bits per heavy atom. The van der Waals surface area contributed by atoms with Crippen LogP contribution in [-0.4, -0.2) is 19.9 Å². The predicted octanol–water partition coefficient (Wildman–Crippen LogP) is 5.82. The molecule has 0 fully saturated rings. The van der Waals surface area contributed by atoms with Crippen molar-refractivity contribution >= 4 is 29.2 Å². The molecule has 3 aromatic rings. The van der Waals surface area contributed by atoms with Gasteiger partial charge < -0.3 is 9.64 Å². The Hall–Kier alpha value is -2.98. The SMILES string of the molecule is CCN(Cc1ccccc1)c1ccc(/C=N/Nc2ccc(OC)c(Cl)c2)cc1. The summed E-state index contributed by atoms with van der Waals surface area (Å²) in [5.41, 5.74) is 7.31. The zero-order chi connectivity index (χ0) is 19.8. The number of nitrogens with zero attached hydrogens (tertiary/aromatic N) is 2. The fraction of sp³-hybridized carbons (Fsp3) is 0.174. The van der Waals surface area contributed by atoms with Crippen molar-refractivity contribution in [3.8, 4) is 5.75 Å². The first kappa shape index (κ1) is 19.8. The number of anilines is 2. The number of halogens is 1. The number of hydrazone groups is 1. The van der Waals surface area contributed by atoms with E-state index in [9.17, 15) is 0 Å². The molecule has 0 saturated carbocycles. The minimum atomic E-state index is 0.546. The molecule has 3 rings (SSSR count). The van der Waals surface area contributed by atoms with Crippen LogP contribution in [0.1, 0.15) is 18.1 Å². The van der Waals surface area contributed by atoms with Crippen LogP contribution in [0.15, 0.2) is 77.9 Å². The summed E-state index contributed by atoms with van der Waals surface area (Å²) in [6, 6.07) is 24.3. The third-order valence-corrected chi connectivity index (χ3v) is 4.71. The van der Waals surface area contributed by atoms with Gasteiger partial charge in [0.05, 0.1) is 24.0 Å². The summed E-state index contributed by atoms with van der Waals surface area (Å²) in [6.07, 6.45) is 1.79. The van der Waals surface area contributed by atoms with Crippen LogP contribution in [0.3, 0.4) is 0 Å². The van der Waals surface area contributed by atoms with E-state index >= 15 is 0 Å². The van der Waals surface area contributed by atoms with Gasteiger partial charge in [-0.05, 0) is 48.4 Å². The van der Waals surface area contributed by atoms with Crippen molar-refractivity contribution in [2.45, 2.75) is 13.5 Å². The van der Waals surface area contributed by atoms with Gasteiger partial charge in [-0.2, -0.15) is 5.10 Å². The lowest BCUT2D eigenvalue weighted by molar-refractivity contribution is 0.415. The fourth-order valence-electron chi connectivity index (χ4n) is 2.88.